The molecule has 0 fully saturated rings. The molecule has 0 saturated carbocycles. The molecule has 0 aliphatic heterocycles. The number of rotatable bonds is 4. The minimum Gasteiger partial charge on any atom is -0.478 e. The molecule has 0 spiro atoms. The van der Waals surface area contributed by atoms with Gasteiger partial charge in [0.15, 0.2) is 0 Å². The van der Waals surface area contributed by atoms with Crippen molar-refractivity contribution in [2.24, 2.45) is 11.3 Å². The molecule has 0 amide bonds. The summed E-state index contributed by atoms with van der Waals surface area (Å²) in [5, 5.41) is 9.89. The van der Waals surface area contributed by atoms with Crippen molar-refractivity contribution in [2.45, 2.75) is 39.7 Å². The number of nitrogens with one attached hydrogen (secondary N) is 1. The highest BCUT2D eigenvalue weighted by atomic mass is 32.1. The molecule has 4 rings (SSSR count). The van der Waals surface area contributed by atoms with E-state index in [1.807, 2.05) is 22.7 Å². The van der Waals surface area contributed by atoms with Crippen LogP contribution in [0.1, 0.15) is 46.8 Å². The minimum absolute atomic E-state index is 0.147. The number of carboxylic acids is 1. The summed E-state index contributed by atoms with van der Waals surface area (Å²) in [6, 6.07) is 3.95. The van der Waals surface area contributed by atoms with E-state index in [4.69, 9.17) is 5.84 Å². The average Bonchev–Trinajstić information content (AvgIpc) is 3.15. The van der Waals surface area contributed by atoms with Crippen LogP contribution in [-0.2, 0) is 19.4 Å². The number of hydrogen-bond donors (Lipinski definition) is 3. The van der Waals surface area contributed by atoms with Gasteiger partial charge in [-0.25, -0.2) is 9.78 Å². The molecular weight excluding hydrogens is 348 g/mol. The zero-order valence-corrected chi connectivity index (χ0v) is 15.7. The Morgan fingerprint density at radius 2 is 2.27 bits per heavy atom. The molecule has 0 saturated heterocycles. The van der Waals surface area contributed by atoms with E-state index in [1.165, 1.54) is 4.88 Å². The standard InChI is InChI=1S/C19H22N4O2S/c1-19(2)6-5-15-12(7-19)16(18(24)25)17(26-15)11-3-4-14-13(8-22-20)21-10-23(14)9-11/h3-4,9-10,22H,5-8,20H2,1-2H3,(H,24,25). The molecule has 26 heavy (non-hydrogen) atoms. The number of imidazole rings is 1. The van der Waals surface area contributed by atoms with Crippen molar-refractivity contribution in [3.8, 4) is 10.4 Å². The van der Waals surface area contributed by atoms with Crippen molar-refractivity contribution in [3.63, 3.8) is 0 Å². The Morgan fingerprint density at radius 3 is 3.00 bits per heavy atom. The third kappa shape index (κ3) is 2.82. The second-order valence-corrected chi connectivity index (χ2v) is 8.74. The van der Waals surface area contributed by atoms with Gasteiger partial charge in [0.1, 0.15) is 0 Å². The number of thiophene rings is 1. The Balaban J connectivity index is 1.84. The lowest BCUT2D eigenvalue weighted by atomic mass is 9.76. The van der Waals surface area contributed by atoms with E-state index in [2.05, 4.69) is 24.3 Å². The van der Waals surface area contributed by atoms with Crippen LogP contribution in [0, 0.1) is 5.41 Å². The first-order chi connectivity index (χ1) is 12.4. The largest absolute Gasteiger partial charge is 0.478 e. The maximum Gasteiger partial charge on any atom is 0.337 e. The molecule has 0 aromatic carbocycles. The second kappa shape index (κ2) is 6.19. The van der Waals surface area contributed by atoms with Crippen LogP contribution in [0.5, 0.6) is 0 Å². The number of aryl methyl sites for hydroxylation is 1. The summed E-state index contributed by atoms with van der Waals surface area (Å²) in [5.74, 6) is 4.56. The van der Waals surface area contributed by atoms with E-state index in [0.29, 0.717) is 12.1 Å². The number of hydrogen-bond acceptors (Lipinski definition) is 5. The van der Waals surface area contributed by atoms with Gasteiger partial charge in [0, 0.05) is 16.6 Å². The topological polar surface area (TPSA) is 92.6 Å². The number of carbonyl (C=O) groups is 1. The fourth-order valence-corrected chi connectivity index (χ4v) is 5.07. The van der Waals surface area contributed by atoms with Crippen LogP contribution in [0.15, 0.2) is 24.7 Å². The van der Waals surface area contributed by atoms with E-state index < -0.39 is 5.97 Å². The maximum atomic E-state index is 12.1. The zero-order valence-electron chi connectivity index (χ0n) is 14.9. The maximum absolute atomic E-state index is 12.1. The molecule has 4 N–H and O–H groups in total. The first-order valence-corrected chi connectivity index (χ1v) is 9.48. The number of aromatic nitrogens is 2. The van der Waals surface area contributed by atoms with Gasteiger partial charge >= 0.3 is 5.97 Å². The molecule has 6 nitrogen and oxygen atoms in total. The Labute approximate surface area is 155 Å². The lowest BCUT2D eigenvalue weighted by molar-refractivity contribution is 0.0696. The number of nitrogens with zero attached hydrogens (tertiary/aromatic N) is 2. The molecule has 7 heteroatoms. The van der Waals surface area contributed by atoms with E-state index in [9.17, 15) is 9.90 Å². The Kier molecular flexibility index (Phi) is 4.10. The Bertz CT molecular complexity index is 1000. The monoisotopic (exact) mass is 370 g/mol. The van der Waals surface area contributed by atoms with Gasteiger partial charge in [-0.1, -0.05) is 13.8 Å². The highest BCUT2D eigenvalue weighted by Gasteiger charge is 2.33. The van der Waals surface area contributed by atoms with Crippen LogP contribution in [-0.4, -0.2) is 20.5 Å². The molecule has 0 bridgehead atoms. The van der Waals surface area contributed by atoms with Crippen molar-refractivity contribution < 1.29 is 9.90 Å². The fourth-order valence-electron chi connectivity index (χ4n) is 3.77. The summed E-state index contributed by atoms with van der Waals surface area (Å²) in [4.78, 5) is 18.5. The number of fused-ring (bicyclic) bond motifs is 2. The summed E-state index contributed by atoms with van der Waals surface area (Å²) in [5.41, 5.74) is 7.01. The van der Waals surface area contributed by atoms with Gasteiger partial charge in [0.2, 0.25) is 0 Å². The van der Waals surface area contributed by atoms with E-state index in [-0.39, 0.29) is 5.41 Å². The normalized spacial score (nSPS) is 16.0. The van der Waals surface area contributed by atoms with Gasteiger partial charge in [-0.2, -0.15) is 0 Å². The van der Waals surface area contributed by atoms with Gasteiger partial charge in [-0.3, -0.25) is 11.3 Å². The summed E-state index contributed by atoms with van der Waals surface area (Å²) in [6.45, 7) is 4.91. The van der Waals surface area contributed by atoms with Crippen molar-refractivity contribution >= 4 is 22.8 Å². The SMILES string of the molecule is CC1(C)CCc2sc(-c3ccc4c(CNN)ncn4c3)c(C(=O)O)c2C1. The Morgan fingerprint density at radius 1 is 1.46 bits per heavy atom. The Hall–Kier alpha value is -2.22. The van der Waals surface area contributed by atoms with Crippen molar-refractivity contribution in [3.05, 3.63) is 46.4 Å². The molecule has 3 heterocycles. The van der Waals surface area contributed by atoms with Crippen LogP contribution < -0.4 is 11.3 Å². The zero-order chi connectivity index (χ0) is 18.5. The third-order valence-electron chi connectivity index (χ3n) is 5.13. The number of hydrazine groups is 1. The van der Waals surface area contributed by atoms with Gasteiger partial charge in [-0.15, -0.1) is 11.3 Å². The summed E-state index contributed by atoms with van der Waals surface area (Å²) >= 11 is 1.62. The van der Waals surface area contributed by atoms with Crippen molar-refractivity contribution in [1.29, 1.82) is 0 Å². The molecule has 3 aromatic rings. The number of pyridine rings is 1. The molecule has 0 unspecified atom stereocenters. The molecule has 136 valence electrons. The first-order valence-electron chi connectivity index (χ1n) is 8.67. The highest BCUT2D eigenvalue weighted by Crippen LogP contribution is 2.45. The average molecular weight is 370 g/mol. The number of carboxylic acid groups (broad SMARTS) is 1. The van der Waals surface area contributed by atoms with E-state index in [1.54, 1.807) is 17.7 Å². The summed E-state index contributed by atoms with van der Waals surface area (Å²) < 4.78 is 1.93. The lowest BCUT2D eigenvalue weighted by Gasteiger charge is -2.29. The quantitative estimate of drug-likeness (QED) is 0.484. The van der Waals surface area contributed by atoms with Crippen molar-refractivity contribution in [2.75, 3.05) is 0 Å². The predicted octanol–water partition coefficient (Wildman–Crippen LogP) is 3.24. The molecule has 0 atom stereocenters. The van der Waals surface area contributed by atoms with E-state index >= 15 is 0 Å². The van der Waals surface area contributed by atoms with Crippen LogP contribution in [0.4, 0.5) is 0 Å². The fraction of sp³-hybridized carbons (Fsp3) is 0.368. The molecule has 1 aliphatic rings. The van der Waals surface area contributed by atoms with Crippen LogP contribution in [0.3, 0.4) is 0 Å². The molecular formula is C19H22N4O2S. The minimum atomic E-state index is -0.839. The number of aromatic carboxylic acids is 1. The highest BCUT2D eigenvalue weighted by molar-refractivity contribution is 7.16. The molecule has 1 aliphatic carbocycles. The van der Waals surface area contributed by atoms with Crippen LogP contribution >= 0.6 is 11.3 Å². The number of nitrogens with two attached hydrogens (primary N) is 1. The predicted molar refractivity (Wildman–Crippen MR) is 102 cm³/mol. The van der Waals surface area contributed by atoms with Gasteiger partial charge in [-0.05, 0) is 42.4 Å². The molecule has 3 aromatic heterocycles. The summed E-state index contributed by atoms with van der Waals surface area (Å²) in [6.07, 6.45) is 6.56. The van der Waals surface area contributed by atoms with E-state index in [0.717, 1.165) is 46.5 Å². The third-order valence-corrected chi connectivity index (χ3v) is 6.47. The second-order valence-electron chi connectivity index (χ2n) is 7.64. The lowest BCUT2D eigenvalue weighted by Crippen LogP contribution is -2.22. The van der Waals surface area contributed by atoms with Gasteiger partial charge < -0.3 is 9.51 Å². The summed E-state index contributed by atoms with van der Waals surface area (Å²) in [7, 11) is 0. The van der Waals surface area contributed by atoms with Gasteiger partial charge in [0.25, 0.3) is 0 Å². The van der Waals surface area contributed by atoms with Gasteiger partial charge in [0.05, 0.1) is 34.5 Å². The van der Waals surface area contributed by atoms with Crippen LogP contribution in [0.2, 0.25) is 0 Å². The smallest absolute Gasteiger partial charge is 0.337 e. The first kappa shape index (κ1) is 17.2. The van der Waals surface area contributed by atoms with Crippen LogP contribution in [0.25, 0.3) is 16.0 Å². The van der Waals surface area contributed by atoms with Crippen molar-refractivity contribution in [1.82, 2.24) is 14.8 Å². The molecule has 0 radical (unpaired) electrons.